The maximum Gasteiger partial charge on any atom is 0.219 e. The maximum atomic E-state index is 11.1. The van der Waals surface area contributed by atoms with E-state index in [9.17, 15) is 4.79 Å². The largest absolute Gasteiger partial charge is 0.502 e. The number of nitrogens with two attached hydrogens (primary N) is 1. The van der Waals surface area contributed by atoms with Gasteiger partial charge in [0.25, 0.3) is 0 Å². The predicted octanol–water partition coefficient (Wildman–Crippen LogP) is 0.782. The van der Waals surface area contributed by atoms with E-state index >= 15 is 0 Å². The maximum absolute atomic E-state index is 11.1. The summed E-state index contributed by atoms with van der Waals surface area (Å²) in [4.78, 5) is 11.1. The molecule has 0 spiro atoms. The van der Waals surface area contributed by atoms with Gasteiger partial charge in [-0.1, -0.05) is 6.58 Å². The van der Waals surface area contributed by atoms with E-state index in [2.05, 4.69) is 11.9 Å². The first-order chi connectivity index (χ1) is 6.81. The van der Waals surface area contributed by atoms with Crippen LogP contribution >= 0.6 is 0 Å². The van der Waals surface area contributed by atoms with E-state index in [0.29, 0.717) is 26.1 Å². The van der Waals surface area contributed by atoms with Crippen LogP contribution in [0.25, 0.3) is 0 Å². The summed E-state index contributed by atoms with van der Waals surface area (Å²) >= 11 is 0. The summed E-state index contributed by atoms with van der Waals surface area (Å²) in [6.45, 7) is 5.34. The molecule has 0 aliphatic heterocycles. The molecule has 82 valence electrons. The summed E-state index contributed by atoms with van der Waals surface area (Å²) in [6.07, 6.45) is 4.57. The number of nitrogens with one attached hydrogen (secondary N) is 1. The van der Waals surface area contributed by atoms with Crippen molar-refractivity contribution < 1.29 is 9.53 Å². The molecule has 0 saturated carbocycles. The summed E-state index contributed by atoms with van der Waals surface area (Å²) in [7, 11) is 0. The lowest BCUT2D eigenvalue weighted by molar-refractivity contribution is -0.121. The molecule has 0 saturated heterocycles. The first kappa shape index (κ1) is 13.0. The lowest BCUT2D eigenvalue weighted by Crippen LogP contribution is -2.24. The minimum absolute atomic E-state index is 0.0945. The highest BCUT2D eigenvalue weighted by Crippen LogP contribution is 1.92. The van der Waals surface area contributed by atoms with Crippen LogP contribution < -0.4 is 11.1 Å². The van der Waals surface area contributed by atoms with Crippen molar-refractivity contribution in [2.75, 3.05) is 19.7 Å². The number of amides is 1. The Labute approximate surface area is 85.5 Å². The zero-order valence-corrected chi connectivity index (χ0v) is 8.63. The highest BCUT2D eigenvalue weighted by Gasteiger charge is 1.98. The lowest BCUT2D eigenvalue weighted by atomic mass is 10.2. The fourth-order valence-electron chi connectivity index (χ4n) is 0.985. The molecule has 0 heterocycles. The second kappa shape index (κ2) is 10.1. The zero-order valence-electron chi connectivity index (χ0n) is 8.63. The molecule has 0 rings (SSSR count). The summed E-state index contributed by atoms with van der Waals surface area (Å²) in [5, 5.41) is 2.81. The zero-order chi connectivity index (χ0) is 10.6. The Balaban J connectivity index is 3.14. The fraction of sp³-hybridized carbons (Fsp3) is 0.700. The number of rotatable bonds is 9. The highest BCUT2D eigenvalue weighted by molar-refractivity contribution is 5.75. The molecular weight excluding hydrogens is 180 g/mol. The van der Waals surface area contributed by atoms with Crippen molar-refractivity contribution >= 4 is 5.91 Å². The van der Waals surface area contributed by atoms with Gasteiger partial charge in [0, 0.05) is 13.0 Å². The van der Waals surface area contributed by atoms with Crippen LogP contribution in [0.3, 0.4) is 0 Å². The van der Waals surface area contributed by atoms with Crippen LogP contribution in [-0.4, -0.2) is 25.6 Å². The van der Waals surface area contributed by atoms with E-state index in [1.54, 1.807) is 0 Å². The van der Waals surface area contributed by atoms with Crippen LogP contribution in [0.1, 0.15) is 25.7 Å². The molecule has 0 aliphatic rings. The van der Waals surface area contributed by atoms with E-state index in [1.807, 2.05) is 0 Å². The third kappa shape index (κ3) is 9.06. The average Bonchev–Trinajstić information content (AvgIpc) is 2.18. The van der Waals surface area contributed by atoms with Gasteiger partial charge in [0.05, 0.1) is 12.9 Å². The Morgan fingerprint density at radius 1 is 1.43 bits per heavy atom. The van der Waals surface area contributed by atoms with Crippen LogP contribution in [0.15, 0.2) is 12.8 Å². The number of unbranched alkanes of at least 4 members (excludes halogenated alkanes) is 1. The van der Waals surface area contributed by atoms with E-state index in [4.69, 9.17) is 10.5 Å². The average molecular weight is 200 g/mol. The Bertz CT molecular complexity index is 160. The molecule has 4 heteroatoms. The van der Waals surface area contributed by atoms with Crippen molar-refractivity contribution in [2.24, 2.45) is 5.73 Å². The summed E-state index contributed by atoms with van der Waals surface area (Å²) in [5.41, 5.74) is 5.31. The molecule has 0 bridgehead atoms. The number of hydrogen-bond acceptors (Lipinski definition) is 3. The molecule has 0 atom stereocenters. The minimum Gasteiger partial charge on any atom is -0.502 e. The molecule has 0 fully saturated rings. The van der Waals surface area contributed by atoms with Gasteiger partial charge >= 0.3 is 0 Å². The quantitative estimate of drug-likeness (QED) is 0.427. The Morgan fingerprint density at radius 3 is 2.86 bits per heavy atom. The molecule has 4 nitrogen and oxygen atoms in total. The van der Waals surface area contributed by atoms with Crippen LogP contribution in [0.4, 0.5) is 0 Å². The van der Waals surface area contributed by atoms with Crippen LogP contribution in [0.5, 0.6) is 0 Å². The van der Waals surface area contributed by atoms with E-state index in [0.717, 1.165) is 19.3 Å². The van der Waals surface area contributed by atoms with Gasteiger partial charge < -0.3 is 15.8 Å². The number of carbonyl (C=O) groups is 1. The van der Waals surface area contributed by atoms with Crippen LogP contribution in [-0.2, 0) is 9.53 Å². The van der Waals surface area contributed by atoms with Gasteiger partial charge in [0.15, 0.2) is 0 Å². The van der Waals surface area contributed by atoms with Crippen molar-refractivity contribution in [3.63, 3.8) is 0 Å². The van der Waals surface area contributed by atoms with Gasteiger partial charge in [-0.3, -0.25) is 4.79 Å². The van der Waals surface area contributed by atoms with Gasteiger partial charge in [0.2, 0.25) is 5.91 Å². The lowest BCUT2D eigenvalue weighted by Gasteiger charge is -2.04. The number of hydrogen-bond donors (Lipinski definition) is 2. The molecule has 0 aliphatic carbocycles. The normalized spacial score (nSPS) is 9.50. The van der Waals surface area contributed by atoms with E-state index in [-0.39, 0.29) is 5.91 Å². The van der Waals surface area contributed by atoms with Gasteiger partial charge in [-0.05, 0) is 25.8 Å². The SMILES string of the molecule is C=COCCCNC(=O)CCCCN. The van der Waals surface area contributed by atoms with Gasteiger partial charge in [0.1, 0.15) is 0 Å². The Kier molecular flexibility index (Phi) is 9.31. The number of ether oxygens (including phenoxy) is 1. The summed E-state index contributed by atoms with van der Waals surface area (Å²) in [5.74, 6) is 0.0945. The van der Waals surface area contributed by atoms with Gasteiger partial charge in [-0.2, -0.15) is 0 Å². The van der Waals surface area contributed by atoms with Crippen molar-refractivity contribution in [2.45, 2.75) is 25.7 Å². The van der Waals surface area contributed by atoms with Crippen LogP contribution in [0.2, 0.25) is 0 Å². The van der Waals surface area contributed by atoms with Gasteiger partial charge in [-0.15, -0.1) is 0 Å². The molecule has 14 heavy (non-hydrogen) atoms. The molecular formula is C10H20N2O2. The Hall–Kier alpha value is -1.03. The summed E-state index contributed by atoms with van der Waals surface area (Å²) < 4.78 is 4.91. The first-order valence-electron chi connectivity index (χ1n) is 5.00. The number of carbonyl (C=O) groups excluding carboxylic acids is 1. The highest BCUT2D eigenvalue weighted by atomic mass is 16.5. The van der Waals surface area contributed by atoms with Crippen LogP contribution in [0, 0.1) is 0 Å². The third-order valence-corrected chi connectivity index (χ3v) is 1.74. The molecule has 0 aromatic carbocycles. The second-order valence-corrected chi connectivity index (χ2v) is 2.99. The first-order valence-corrected chi connectivity index (χ1v) is 5.00. The smallest absolute Gasteiger partial charge is 0.219 e. The molecule has 3 N–H and O–H groups in total. The molecule has 0 aromatic rings. The van der Waals surface area contributed by atoms with Crippen molar-refractivity contribution in [1.29, 1.82) is 0 Å². The molecule has 0 radical (unpaired) electrons. The molecule has 1 amide bonds. The fourth-order valence-corrected chi connectivity index (χ4v) is 0.985. The third-order valence-electron chi connectivity index (χ3n) is 1.74. The topological polar surface area (TPSA) is 64.3 Å². The van der Waals surface area contributed by atoms with E-state index in [1.165, 1.54) is 6.26 Å². The standard InChI is InChI=1S/C10H20N2O2/c1-2-14-9-5-8-12-10(13)6-3-4-7-11/h2H,1,3-9,11H2,(H,12,13). The minimum atomic E-state index is 0.0945. The van der Waals surface area contributed by atoms with Crippen molar-refractivity contribution in [3.8, 4) is 0 Å². The van der Waals surface area contributed by atoms with Crippen molar-refractivity contribution in [3.05, 3.63) is 12.8 Å². The summed E-state index contributed by atoms with van der Waals surface area (Å²) in [6, 6.07) is 0. The van der Waals surface area contributed by atoms with Crippen molar-refractivity contribution in [1.82, 2.24) is 5.32 Å². The van der Waals surface area contributed by atoms with E-state index < -0.39 is 0 Å². The molecule has 0 unspecified atom stereocenters. The predicted molar refractivity (Wildman–Crippen MR) is 56.7 cm³/mol. The van der Waals surface area contributed by atoms with Gasteiger partial charge in [-0.25, -0.2) is 0 Å². The Morgan fingerprint density at radius 2 is 2.21 bits per heavy atom. The second-order valence-electron chi connectivity index (χ2n) is 2.99. The molecule has 0 aromatic heterocycles. The monoisotopic (exact) mass is 200 g/mol.